The van der Waals surface area contributed by atoms with Crippen molar-refractivity contribution in [1.29, 1.82) is 0 Å². The lowest BCUT2D eigenvalue weighted by atomic mass is 9.89. The molecule has 1 saturated carbocycles. The van der Waals surface area contributed by atoms with Crippen molar-refractivity contribution in [2.45, 2.75) is 43.9 Å². The third-order valence-corrected chi connectivity index (χ3v) is 4.96. The van der Waals surface area contributed by atoms with Crippen molar-refractivity contribution in [2.24, 2.45) is 0 Å². The average Bonchev–Trinajstić information content (AvgIpc) is 2.86. The van der Waals surface area contributed by atoms with E-state index in [0.717, 1.165) is 23.7 Å². The topological polar surface area (TPSA) is 66.8 Å². The van der Waals surface area contributed by atoms with Crippen LogP contribution in [0.15, 0.2) is 28.7 Å². The van der Waals surface area contributed by atoms with Gasteiger partial charge in [-0.05, 0) is 43.9 Å². The molecule has 2 fully saturated rings. The Morgan fingerprint density at radius 3 is 2.64 bits per heavy atom. The number of nitrogens with zero attached hydrogens (tertiary/aromatic N) is 1. The van der Waals surface area contributed by atoms with Gasteiger partial charge in [-0.25, -0.2) is 4.79 Å². The maximum absolute atomic E-state index is 12.9. The molecule has 1 heterocycles. The lowest BCUT2D eigenvalue weighted by Gasteiger charge is -2.41. The summed E-state index contributed by atoms with van der Waals surface area (Å²) in [5, 5.41) is 9.46. The lowest BCUT2D eigenvalue weighted by molar-refractivity contribution is -0.143. The van der Waals surface area contributed by atoms with Crippen LogP contribution in [-0.2, 0) is 9.53 Å². The molecule has 22 heavy (non-hydrogen) atoms. The fourth-order valence-electron chi connectivity index (χ4n) is 3.42. The van der Waals surface area contributed by atoms with E-state index >= 15 is 0 Å². The predicted octanol–water partition coefficient (Wildman–Crippen LogP) is 3.04. The molecule has 1 aromatic carbocycles. The van der Waals surface area contributed by atoms with E-state index in [1.165, 1.54) is 4.90 Å². The Balaban J connectivity index is 1.97. The highest BCUT2D eigenvalue weighted by Gasteiger charge is 2.53. The van der Waals surface area contributed by atoms with Crippen LogP contribution in [0.3, 0.4) is 0 Å². The molecule has 0 radical (unpaired) electrons. The van der Waals surface area contributed by atoms with E-state index < -0.39 is 17.7 Å². The van der Waals surface area contributed by atoms with Gasteiger partial charge in [0.25, 0.3) is 5.91 Å². The van der Waals surface area contributed by atoms with Gasteiger partial charge in [0.2, 0.25) is 0 Å². The van der Waals surface area contributed by atoms with Crippen LogP contribution in [0.1, 0.15) is 42.5 Å². The van der Waals surface area contributed by atoms with Gasteiger partial charge in [-0.15, -0.1) is 0 Å². The van der Waals surface area contributed by atoms with Gasteiger partial charge in [-0.2, -0.15) is 0 Å². The number of carbonyl (C=O) groups excluding carboxylic acids is 1. The average molecular weight is 368 g/mol. The number of rotatable bonds is 2. The van der Waals surface area contributed by atoms with Crippen LogP contribution in [-0.4, -0.2) is 40.3 Å². The number of halogens is 1. The number of carboxylic acids is 1. The van der Waals surface area contributed by atoms with Crippen LogP contribution in [0.5, 0.6) is 0 Å². The molecule has 2 aliphatic rings. The molecule has 1 N–H and O–H groups in total. The molecule has 6 heteroatoms. The van der Waals surface area contributed by atoms with E-state index in [-0.39, 0.29) is 12.5 Å². The number of amides is 1. The Morgan fingerprint density at radius 1 is 1.27 bits per heavy atom. The first-order valence-electron chi connectivity index (χ1n) is 7.49. The van der Waals surface area contributed by atoms with Crippen LogP contribution in [0, 0.1) is 0 Å². The standard InChI is InChI=1S/C16H18BrNO4/c17-12-6-4-5-11(9-12)14(19)18-13(15(20)21)10-22-16(18)7-2-1-3-8-16/h4-6,9,13H,1-3,7-8,10H2,(H,20,21)/t13-/m1/s1. The highest BCUT2D eigenvalue weighted by molar-refractivity contribution is 9.10. The van der Waals surface area contributed by atoms with E-state index in [9.17, 15) is 14.7 Å². The Bertz CT molecular complexity index is 598. The van der Waals surface area contributed by atoms with Crippen molar-refractivity contribution in [3.63, 3.8) is 0 Å². The molecular formula is C16H18BrNO4. The largest absolute Gasteiger partial charge is 0.480 e. The zero-order valence-corrected chi connectivity index (χ0v) is 13.7. The second-order valence-electron chi connectivity index (χ2n) is 5.86. The number of benzene rings is 1. The first-order valence-corrected chi connectivity index (χ1v) is 8.29. The monoisotopic (exact) mass is 367 g/mol. The van der Waals surface area contributed by atoms with Crippen molar-refractivity contribution < 1.29 is 19.4 Å². The van der Waals surface area contributed by atoms with Crippen LogP contribution >= 0.6 is 15.9 Å². The Kier molecular flexibility index (Phi) is 4.23. The number of hydrogen-bond acceptors (Lipinski definition) is 3. The molecule has 1 aliphatic heterocycles. The quantitative estimate of drug-likeness (QED) is 0.872. The fraction of sp³-hybridized carbons (Fsp3) is 0.500. The number of ether oxygens (including phenoxy) is 1. The summed E-state index contributed by atoms with van der Waals surface area (Å²) in [7, 11) is 0. The number of carbonyl (C=O) groups is 2. The third kappa shape index (κ3) is 2.65. The second kappa shape index (κ2) is 6.01. The Labute approximate surface area is 137 Å². The van der Waals surface area contributed by atoms with E-state index in [1.54, 1.807) is 18.2 Å². The van der Waals surface area contributed by atoms with Gasteiger partial charge in [0, 0.05) is 10.0 Å². The summed E-state index contributed by atoms with van der Waals surface area (Å²) in [5.74, 6) is -1.28. The molecule has 5 nitrogen and oxygen atoms in total. The zero-order chi connectivity index (χ0) is 15.7. The molecule has 1 aromatic rings. The van der Waals surface area contributed by atoms with Crippen LogP contribution in [0.4, 0.5) is 0 Å². The second-order valence-corrected chi connectivity index (χ2v) is 6.77. The summed E-state index contributed by atoms with van der Waals surface area (Å²) >= 11 is 3.35. The molecule has 1 aliphatic carbocycles. The van der Waals surface area contributed by atoms with Crippen LogP contribution in [0.25, 0.3) is 0 Å². The number of carboxylic acid groups (broad SMARTS) is 1. The summed E-state index contributed by atoms with van der Waals surface area (Å²) in [5.41, 5.74) is -0.267. The van der Waals surface area contributed by atoms with E-state index in [1.807, 2.05) is 6.07 Å². The molecule has 0 unspecified atom stereocenters. The first kappa shape index (κ1) is 15.5. The Hall–Kier alpha value is -1.40. The highest BCUT2D eigenvalue weighted by Crippen LogP contribution is 2.41. The molecule has 3 rings (SSSR count). The molecule has 1 spiro atoms. The van der Waals surface area contributed by atoms with E-state index in [0.29, 0.717) is 18.4 Å². The summed E-state index contributed by atoms with van der Waals surface area (Å²) < 4.78 is 6.65. The minimum absolute atomic E-state index is 0.0646. The van der Waals surface area contributed by atoms with Crippen molar-refractivity contribution >= 4 is 27.8 Å². The number of aliphatic carboxylic acids is 1. The van der Waals surface area contributed by atoms with Gasteiger partial charge in [0.1, 0.15) is 5.72 Å². The number of hydrogen-bond donors (Lipinski definition) is 1. The Morgan fingerprint density at radius 2 is 2.00 bits per heavy atom. The van der Waals surface area contributed by atoms with E-state index in [4.69, 9.17) is 4.74 Å². The van der Waals surface area contributed by atoms with Gasteiger partial charge >= 0.3 is 5.97 Å². The van der Waals surface area contributed by atoms with Gasteiger partial charge < -0.3 is 9.84 Å². The van der Waals surface area contributed by atoms with Crippen LogP contribution in [0.2, 0.25) is 0 Å². The molecular weight excluding hydrogens is 350 g/mol. The fourth-order valence-corrected chi connectivity index (χ4v) is 3.82. The first-order chi connectivity index (χ1) is 10.5. The van der Waals surface area contributed by atoms with Crippen molar-refractivity contribution in [3.8, 4) is 0 Å². The van der Waals surface area contributed by atoms with Gasteiger partial charge in [0.15, 0.2) is 6.04 Å². The lowest BCUT2D eigenvalue weighted by Crippen LogP contribution is -2.54. The zero-order valence-electron chi connectivity index (χ0n) is 12.1. The molecule has 0 bridgehead atoms. The third-order valence-electron chi connectivity index (χ3n) is 4.47. The minimum atomic E-state index is -1.01. The summed E-state index contributed by atoms with van der Waals surface area (Å²) in [4.78, 5) is 26.0. The predicted molar refractivity (Wildman–Crippen MR) is 83.5 cm³/mol. The van der Waals surface area contributed by atoms with Gasteiger partial charge in [-0.1, -0.05) is 28.4 Å². The summed E-state index contributed by atoms with van der Waals surface area (Å²) in [6, 6.07) is 6.13. The summed E-state index contributed by atoms with van der Waals surface area (Å²) in [6.45, 7) is 0.0646. The van der Waals surface area contributed by atoms with Crippen LogP contribution < -0.4 is 0 Å². The van der Waals surface area contributed by atoms with Gasteiger partial charge in [-0.3, -0.25) is 9.69 Å². The van der Waals surface area contributed by atoms with E-state index in [2.05, 4.69) is 15.9 Å². The minimum Gasteiger partial charge on any atom is -0.480 e. The normalized spacial score (nSPS) is 23.7. The smallest absolute Gasteiger partial charge is 0.328 e. The van der Waals surface area contributed by atoms with Gasteiger partial charge in [0.05, 0.1) is 6.61 Å². The maximum Gasteiger partial charge on any atom is 0.328 e. The van der Waals surface area contributed by atoms with Crippen molar-refractivity contribution in [1.82, 2.24) is 4.90 Å². The molecule has 1 amide bonds. The van der Waals surface area contributed by atoms with Crippen molar-refractivity contribution in [2.75, 3.05) is 6.61 Å². The highest BCUT2D eigenvalue weighted by atomic mass is 79.9. The molecule has 1 saturated heterocycles. The molecule has 118 valence electrons. The molecule has 1 atom stereocenters. The maximum atomic E-state index is 12.9. The van der Waals surface area contributed by atoms with Crippen molar-refractivity contribution in [3.05, 3.63) is 34.3 Å². The summed E-state index contributed by atoms with van der Waals surface area (Å²) in [6.07, 6.45) is 4.41. The SMILES string of the molecule is O=C(O)[C@H]1COC2(CCCCC2)N1C(=O)c1cccc(Br)c1. The molecule has 0 aromatic heterocycles.